The molecule has 2 aliphatic rings. The summed E-state index contributed by atoms with van der Waals surface area (Å²) in [6, 6.07) is 12.4. The largest absolute Gasteiger partial charge is 0.501 e. The van der Waals surface area contributed by atoms with E-state index in [4.69, 9.17) is 14.2 Å². The molecule has 0 unspecified atom stereocenters. The Kier molecular flexibility index (Phi) is 11.2. The maximum atomic E-state index is 14.2. The second-order valence-corrected chi connectivity index (χ2v) is 12.8. The minimum atomic E-state index is -4.11. The van der Waals surface area contributed by atoms with Crippen molar-refractivity contribution in [3.8, 4) is 5.75 Å². The summed E-state index contributed by atoms with van der Waals surface area (Å²) >= 11 is 0. The van der Waals surface area contributed by atoms with Crippen LogP contribution in [-0.4, -0.2) is 96.9 Å². The monoisotopic (exact) mass is 673 g/mol. The minimum absolute atomic E-state index is 0.0517. The van der Waals surface area contributed by atoms with Crippen molar-refractivity contribution in [3.05, 3.63) is 87.3 Å². The van der Waals surface area contributed by atoms with Crippen molar-refractivity contribution < 1.29 is 41.7 Å². The van der Waals surface area contributed by atoms with Gasteiger partial charge in [-0.2, -0.15) is 4.31 Å². The van der Waals surface area contributed by atoms with Crippen LogP contribution in [0.15, 0.2) is 58.2 Å². The van der Waals surface area contributed by atoms with E-state index in [9.17, 15) is 32.3 Å². The Hall–Kier alpha value is -4.38. The molecule has 2 amide bonds. The van der Waals surface area contributed by atoms with Crippen LogP contribution < -0.4 is 10.9 Å². The van der Waals surface area contributed by atoms with Crippen LogP contribution >= 0.6 is 0 Å². The third-order valence-corrected chi connectivity index (χ3v) is 9.72. The number of carbonyl (C=O) groups is 2. The molecule has 0 atom stereocenters. The number of nitrogens with one attached hydrogen (secondary N) is 1. The molecule has 1 saturated heterocycles. The van der Waals surface area contributed by atoms with Crippen LogP contribution in [0, 0.1) is 5.82 Å². The van der Waals surface area contributed by atoms with E-state index in [-0.39, 0.29) is 95.0 Å². The number of hydrogen-bond acceptors (Lipinski definition) is 10. The molecular formula is C31H36FN5O9S. The van der Waals surface area contributed by atoms with Crippen LogP contribution in [0.1, 0.15) is 33.9 Å². The van der Waals surface area contributed by atoms with E-state index in [1.807, 2.05) is 30.3 Å². The highest BCUT2D eigenvalue weighted by atomic mass is 32.2. The second kappa shape index (κ2) is 15.5. The highest BCUT2D eigenvalue weighted by Crippen LogP contribution is 2.23. The van der Waals surface area contributed by atoms with E-state index in [0.29, 0.717) is 6.42 Å². The quantitative estimate of drug-likeness (QED) is 0.376. The fraction of sp³-hybridized carbons (Fsp3) is 0.419. The predicted octanol–water partition coefficient (Wildman–Crippen LogP) is 1.64. The normalized spacial score (nSPS) is 16.5. The highest BCUT2D eigenvalue weighted by Gasteiger charge is 2.30. The molecular weight excluding hydrogens is 637 g/mol. The highest BCUT2D eigenvalue weighted by molar-refractivity contribution is 7.89. The van der Waals surface area contributed by atoms with Crippen LogP contribution in [0.3, 0.4) is 0 Å². The number of ether oxygens (including phenoxy) is 3. The number of sulfonamides is 1. The lowest BCUT2D eigenvalue weighted by molar-refractivity contribution is 0.0713. The van der Waals surface area contributed by atoms with Crippen molar-refractivity contribution in [3.63, 3.8) is 0 Å². The molecule has 0 spiro atoms. The molecule has 0 aliphatic carbocycles. The maximum Gasteiger partial charge on any atom is 0.410 e. The van der Waals surface area contributed by atoms with Gasteiger partial charge < -0.3 is 29.5 Å². The smallest absolute Gasteiger partial charge is 0.410 e. The van der Waals surface area contributed by atoms with Gasteiger partial charge in [-0.1, -0.05) is 36.4 Å². The maximum absolute atomic E-state index is 14.2. The average molecular weight is 674 g/mol. The molecule has 1 fully saturated rings. The van der Waals surface area contributed by atoms with E-state index in [0.717, 1.165) is 17.7 Å². The van der Waals surface area contributed by atoms with Gasteiger partial charge in [0.15, 0.2) is 5.69 Å². The van der Waals surface area contributed by atoms with Gasteiger partial charge in [-0.25, -0.2) is 22.6 Å². The van der Waals surface area contributed by atoms with E-state index >= 15 is 0 Å². The van der Waals surface area contributed by atoms with Gasteiger partial charge in [-0.05, 0) is 29.7 Å². The number of rotatable bonds is 7. The van der Waals surface area contributed by atoms with Crippen LogP contribution in [0.25, 0.3) is 0 Å². The van der Waals surface area contributed by atoms with Crippen molar-refractivity contribution in [1.82, 2.24) is 24.1 Å². The number of benzene rings is 2. The summed E-state index contributed by atoms with van der Waals surface area (Å²) in [7, 11) is -4.11. The fourth-order valence-electron chi connectivity index (χ4n) is 5.21. The molecule has 1 aromatic heterocycles. The Morgan fingerprint density at radius 2 is 1.70 bits per heavy atom. The summed E-state index contributed by atoms with van der Waals surface area (Å²) in [4.78, 5) is 44.9. The van der Waals surface area contributed by atoms with Crippen molar-refractivity contribution in [2.45, 2.75) is 37.4 Å². The van der Waals surface area contributed by atoms with Crippen molar-refractivity contribution in [1.29, 1.82) is 0 Å². The number of halogens is 1. The molecule has 3 heterocycles. The van der Waals surface area contributed by atoms with Gasteiger partial charge in [0.05, 0.1) is 24.7 Å². The summed E-state index contributed by atoms with van der Waals surface area (Å²) in [6.07, 6.45) is -0.136. The van der Waals surface area contributed by atoms with Gasteiger partial charge in [-0.3, -0.25) is 14.2 Å². The SMILES string of the molecule is O=C(NCc1ccc(F)cc1S(=O)(=O)N1CCOCC1)c1nc2n(c(=O)c1O)CCCOCCN(C(=O)OCc1ccccc1)CC2. The lowest BCUT2D eigenvalue weighted by Crippen LogP contribution is -2.41. The van der Waals surface area contributed by atoms with E-state index in [1.165, 1.54) is 19.8 Å². The standard InChI is InChI=1S/C31H36FN5O9S/c32-24-8-7-23(25(19-24)47(42,43)36-13-17-45-18-14-36)20-33-29(39)27-28(38)30(40)37-10-4-15-44-16-12-35(11-9-26(37)34-27)31(41)46-21-22-5-2-1-3-6-22/h1-3,5-8,19,38H,4,9-18,20-21H2,(H,33,39). The molecule has 16 heteroatoms. The molecule has 5 rings (SSSR count). The minimum Gasteiger partial charge on any atom is -0.501 e. The molecule has 2 aliphatic heterocycles. The Balaban J connectivity index is 1.34. The third kappa shape index (κ3) is 8.32. The van der Waals surface area contributed by atoms with Crippen LogP contribution in [0.2, 0.25) is 0 Å². The zero-order valence-electron chi connectivity index (χ0n) is 25.6. The summed E-state index contributed by atoms with van der Waals surface area (Å²) in [5.74, 6) is -2.45. The number of fused-ring (bicyclic) bond motifs is 1. The molecule has 47 heavy (non-hydrogen) atoms. The van der Waals surface area contributed by atoms with Gasteiger partial charge in [0.2, 0.25) is 15.8 Å². The first-order valence-corrected chi connectivity index (χ1v) is 16.6. The molecule has 2 aromatic carbocycles. The Morgan fingerprint density at radius 1 is 0.979 bits per heavy atom. The Bertz CT molecular complexity index is 1750. The Labute approximate surface area is 270 Å². The second-order valence-electron chi connectivity index (χ2n) is 10.9. The number of nitrogens with zero attached hydrogens (tertiary/aromatic N) is 4. The lowest BCUT2D eigenvalue weighted by atomic mass is 10.2. The molecule has 252 valence electrons. The van der Waals surface area contributed by atoms with Gasteiger partial charge in [0.25, 0.3) is 11.5 Å². The first-order chi connectivity index (χ1) is 22.6. The summed E-state index contributed by atoms with van der Waals surface area (Å²) in [6.45, 7) is 1.23. The zero-order chi connectivity index (χ0) is 33.4. The van der Waals surface area contributed by atoms with E-state index in [1.54, 1.807) is 0 Å². The predicted molar refractivity (Wildman–Crippen MR) is 165 cm³/mol. The molecule has 3 aromatic rings. The molecule has 0 radical (unpaired) electrons. The van der Waals surface area contributed by atoms with Gasteiger partial charge in [-0.15, -0.1) is 0 Å². The third-order valence-electron chi connectivity index (χ3n) is 7.74. The molecule has 0 saturated carbocycles. The first kappa shape index (κ1) is 34.0. The lowest BCUT2D eigenvalue weighted by Gasteiger charge is -2.27. The first-order valence-electron chi connectivity index (χ1n) is 15.2. The van der Waals surface area contributed by atoms with Crippen LogP contribution in [0.4, 0.5) is 9.18 Å². The number of hydrogen-bond donors (Lipinski definition) is 2. The van der Waals surface area contributed by atoms with Crippen LogP contribution in [0.5, 0.6) is 5.75 Å². The van der Waals surface area contributed by atoms with Crippen molar-refractivity contribution in [2.75, 3.05) is 52.6 Å². The number of amides is 2. The number of morpholine rings is 1. The average Bonchev–Trinajstić information content (AvgIpc) is 3.13. The van der Waals surface area contributed by atoms with E-state index < -0.39 is 44.8 Å². The number of aromatic nitrogens is 2. The van der Waals surface area contributed by atoms with Gasteiger partial charge in [0.1, 0.15) is 18.2 Å². The van der Waals surface area contributed by atoms with Crippen molar-refractivity contribution >= 4 is 22.0 Å². The summed E-state index contributed by atoms with van der Waals surface area (Å²) in [5, 5.41) is 13.2. The van der Waals surface area contributed by atoms with E-state index in [2.05, 4.69) is 10.3 Å². The van der Waals surface area contributed by atoms with Crippen LogP contribution in [-0.2, 0) is 50.4 Å². The number of carbonyl (C=O) groups excluding carboxylic acids is 2. The fourth-order valence-corrected chi connectivity index (χ4v) is 6.85. The summed E-state index contributed by atoms with van der Waals surface area (Å²) in [5.41, 5.74) is -0.506. The molecule has 14 nitrogen and oxygen atoms in total. The van der Waals surface area contributed by atoms with Gasteiger partial charge >= 0.3 is 6.09 Å². The topological polar surface area (TPSA) is 170 Å². The molecule has 2 N–H and O–H groups in total. The molecule has 0 bridgehead atoms. The summed E-state index contributed by atoms with van der Waals surface area (Å²) < 4.78 is 59.5. The Morgan fingerprint density at radius 3 is 2.47 bits per heavy atom. The number of aromatic hydroxyl groups is 1. The van der Waals surface area contributed by atoms with Crippen molar-refractivity contribution in [2.24, 2.45) is 0 Å². The zero-order valence-corrected chi connectivity index (χ0v) is 26.4. The van der Waals surface area contributed by atoms with Gasteiger partial charge in [0, 0.05) is 52.3 Å².